The third kappa shape index (κ3) is 0.873. The summed E-state index contributed by atoms with van der Waals surface area (Å²) in [5.74, 6) is -0.471. The Bertz CT molecular complexity index is 279. The summed E-state index contributed by atoms with van der Waals surface area (Å²) in [7, 11) is 1.69. The lowest BCUT2D eigenvalue weighted by atomic mass is 10.1. The second-order valence-corrected chi connectivity index (χ2v) is 4.36. The van der Waals surface area contributed by atoms with E-state index in [1.165, 1.54) is 0 Å². The quantitative estimate of drug-likeness (QED) is 0.658. The van der Waals surface area contributed by atoms with Gasteiger partial charge in [-0.15, -0.1) is 11.3 Å². The summed E-state index contributed by atoms with van der Waals surface area (Å²) in [6.07, 6.45) is 0. The molecule has 0 spiro atoms. The topological polar surface area (TPSA) is 21.8 Å². The lowest BCUT2D eigenvalue weighted by molar-refractivity contribution is -0.0118. The molecule has 0 amide bonds. The molecule has 1 unspecified atom stereocenters. The fourth-order valence-electron chi connectivity index (χ4n) is 1.53. The summed E-state index contributed by atoms with van der Waals surface area (Å²) < 4.78 is 11.0. The molecule has 0 radical (unpaired) electrons. The molecule has 66 valence electrons. The maximum atomic E-state index is 5.57. The van der Waals surface area contributed by atoms with E-state index >= 15 is 0 Å². The van der Waals surface area contributed by atoms with Gasteiger partial charge in [-0.1, -0.05) is 6.07 Å². The Labute approximate surface area is 76.1 Å². The Balaban J connectivity index is 2.34. The minimum Gasteiger partial charge on any atom is -0.346 e. The molecule has 1 aromatic rings. The first kappa shape index (κ1) is 8.23. The highest BCUT2D eigenvalue weighted by Gasteiger charge is 2.66. The van der Waals surface area contributed by atoms with E-state index in [2.05, 4.69) is 0 Å². The Kier molecular flexibility index (Phi) is 1.59. The van der Waals surface area contributed by atoms with E-state index < -0.39 is 5.79 Å². The van der Waals surface area contributed by atoms with Gasteiger partial charge in [-0.05, 0) is 25.3 Å². The Morgan fingerprint density at radius 3 is 2.50 bits per heavy atom. The van der Waals surface area contributed by atoms with Gasteiger partial charge in [-0.25, -0.2) is 0 Å². The number of thiophene rings is 1. The zero-order valence-electron chi connectivity index (χ0n) is 7.46. The maximum absolute atomic E-state index is 5.57. The van der Waals surface area contributed by atoms with Crippen LogP contribution in [0.1, 0.15) is 18.7 Å². The molecule has 0 bridgehead atoms. The molecule has 1 aliphatic heterocycles. The van der Waals surface area contributed by atoms with Gasteiger partial charge in [0.15, 0.2) is 0 Å². The highest BCUT2D eigenvalue weighted by atomic mass is 32.1. The lowest BCUT2D eigenvalue weighted by Gasteiger charge is -2.09. The molecule has 2 nitrogen and oxygen atoms in total. The zero-order valence-corrected chi connectivity index (χ0v) is 8.27. The normalized spacial score (nSPS) is 31.9. The number of epoxide rings is 1. The van der Waals surface area contributed by atoms with Crippen LogP contribution in [0.5, 0.6) is 0 Å². The van der Waals surface area contributed by atoms with Crippen molar-refractivity contribution in [2.24, 2.45) is 0 Å². The van der Waals surface area contributed by atoms with Crippen molar-refractivity contribution in [1.29, 1.82) is 0 Å². The summed E-state index contributed by atoms with van der Waals surface area (Å²) in [5, 5.41) is 2.04. The van der Waals surface area contributed by atoms with E-state index in [9.17, 15) is 0 Å². The van der Waals surface area contributed by atoms with Gasteiger partial charge in [0.2, 0.25) is 5.79 Å². The van der Waals surface area contributed by atoms with Crippen LogP contribution in [-0.2, 0) is 15.3 Å². The van der Waals surface area contributed by atoms with E-state index in [1.807, 2.05) is 31.4 Å². The van der Waals surface area contributed by atoms with Crippen molar-refractivity contribution < 1.29 is 9.47 Å². The lowest BCUT2D eigenvalue weighted by Crippen LogP contribution is -2.19. The van der Waals surface area contributed by atoms with Gasteiger partial charge in [0.05, 0.1) is 4.88 Å². The average molecular weight is 184 g/mol. The minimum atomic E-state index is -0.471. The molecule has 2 rings (SSSR count). The first-order chi connectivity index (χ1) is 5.62. The monoisotopic (exact) mass is 184 g/mol. The van der Waals surface area contributed by atoms with Crippen LogP contribution in [-0.4, -0.2) is 12.7 Å². The SMILES string of the molecule is COC1(c2cccs2)OC1(C)C. The summed E-state index contributed by atoms with van der Waals surface area (Å²) in [4.78, 5) is 1.15. The molecule has 1 aromatic heterocycles. The van der Waals surface area contributed by atoms with Gasteiger partial charge < -0.3 is 9.47 Å². The third-order valence-electron chi connectivity index (χ3n) is 2.28. The highest BCUT2D eigenvalue weighted by Crippen LogP contribution is 2.56. The van der Waals surface area contributed by atoms with Gasteiger partial charge in [-0.2, -0.15) is 0 Å². The standard InChI is InChI=1S/C9H12O2S/c1-8(2)9(10-3,11-8)7-5-4-6-12-7/h4-6H,1-3H3. The molecule has 0 aromatic carbocycles. The molecule has 1 saturated heterocycles. The van der Waals surface area contributed by atoms with Crippen molar-refractivity contribution in [3.8, 4) is 0 Å². The number of methoxy groups -OCH3 is 1. The van der Waals surface area contributed by atoms with Crippen LogP contribution >= 0.6 is 11.3 Å². The molecule has 2 heterocycles. The molecular formula is C9H12O2S. The van der Waals surface area contributed by atoms with Crippen molar-refractivity contribution in [2.45, 2.75) is 25.2 Å². The zero-order chi connectivity index (χ0) is 8.82. The largest absolute Gasteiger partial charge is 0.346 e. The molecule has 1 atom stereocenters. The average Bonchev–Trinajstić information content (AvgIpc) is 2.52. The van der Waals surface area contributed by atoms with Gasteiger partial charge in [0.25, 0.3) is 0 Å². The molecule has 0 N–H and O–H groups in total. The second-order valence-electron chi connectivity index (χ2n) is 3.41. The Morgan fingerprint density at radius 2 is 2.17 bits per heavy atom. The smallest absolute Gasteiger partial charge is 0.234 e. The van der Waals surface area contributed by atoms with Crippen LogP contribution in [0, 0.1) is 0 Å². The van der Waals surface area contributed by atoms with Crippen LogP contribution in [0.3, 0.4) is 0 Å². The van der Waals surface area contributed by atoms with Crippen molar-refractivity contribution in [3.63, 3.8) is 0 Å². The molecule has 0 saturated carbocycles. The summed E-state index contributed by atoms with van der Waals surface area (Å²) in [6.45, 7) is 4.08. The van der Waals surface area contributed by atoms with Gasteiger partial charge in [-0.3, -0.25) is 0 Å². The molecule has 1 aliphatic rings. The molecular weight excluding hydrogens is 172 g/mol. The highest BCUT2D eigenvalue weighted by molar-refractivity contribution is 7.10. The summed E-state index contributed by atoms with van der Waals surface area (Å²) in [6, 6.07) is 4.06. The van der Waals surface area contributed by atoms with Crippen molar-refractivity contribution in [2.75, 3.05) is 7.11 Å². The predicted molar refractivity (Wildman–Crippen MR) is 48.2 cm³/mol. The molecule has 0 aliphatic carbocycles. The van der Waals surface area contributed by atoms with Crippen molar-refractivity contribution in [1.82, 2.24) is 0 Å². The number of hydrogen-bond donors (Lipinski definition) is 0. The predicted octanol–water partition coefficient (Wildman–Crippen LogP) is 2.36. The van der Waals surface area contributed by atoms with Gasteiger partial charge in [0.1, 0.15) is 5.60 Å². The van der Waals surface area contributed by atoms with E-state index in [-0.39, 0.29) is 5.60 Å². The van der Waals surface area contributed by atoms with E-state index in [4.69, 9.17) is 9.47 Å². The number of ether oxygens (including phenoxy) is 2. The van der Waals surface area contributed by atoms with Crippen LogP contribution < -0.4 is 0 Å². The maximum Gasteiger partial charge on any atom is 0.234 e. The van der Waals surface area contributed by atoms with Crippen molar-refractivity contribution in [3.05, 3.63) is 22.4 Å². The first-order valence-electron chi connectivity index (χ1n) is 3.92. The number of hydrogen-bond acceptors (Lipinski definition) is 3. The molecule has 1 fully saturated rings. The first-order valence-corrected chi connectivity index (χ1v) is 4.80. The van der Waals surface area contributed by atoms with E-state index in [1.54, 1.807) is 18.4 Å². The molecule has 12 heavy (non-hydrogen) atoms. The fourth-order valence-corrected chi connectivity index (χ4v) is 2.52. The minimum absolute atomic E-state index is 0.174. The van der Waals surface area contributed by atoms with E-state index in [0.717, 1.165) is 4.88 Å². The van der Waals surface area contributed by atoms with Crippen molar-refractivity contribution >= 4 is 11.3 Å². The fraction of sp³-hybridized carbons (Fsp3) is 0.556. The number of rotatable bonds is 2. The van der Waals surface area contributed by atoms with Gasteiger partial charge >= 0.3 is 0 Å². The summed E-state index contributed by atoms with van der Waals surface area (Å²) >= 11 is 1.67. The molecule has 3 heteroatoms. The van der Waals surface area contributed by atoms with E-state index in [0.29, 0.717) is 0 Å². The Hall–Kier alpha value is -0.380. The summed E-state index contributed by atoms with van der Waals surface area (Å²) in [5.41, 5.74) is -0.174. The van der Waals surface area contributed by atoms with Gasteiger partial charge in [0, 0.05) is 7.11 Å². The van der Waals surface area contributed by atoms with Crippen LogP contribution in [0.15, 0.2) is 17.5 Å². The van der Waals surface area contributed by atoms with Crippen LogP contribution in [0.4, 0.5) is 0 Å². The van der Waals surface area contributed by atoms with Crippen LogP contribution in [0.25, 0.3) is 0 Å². The Morgan fingerprint density at radius 1 is 1.50 bits per heavy atom. The van der Waals surface area contributed by atoms with Crippen LogP contribution in [0.2, 0.25) is 0 Å². The third-order valence-corrected chi connectivity index (χ3v) is 3.23. The second kappa shape index (κ2) is 2.31.